The summed E-state index contributed by atoms with van der Waals surface area (Å²) in [4.78, 5) is 13.3. The Morgan fingerprint density at radius 3 is 2.75 bits per heavy atom. The van der Waals surface area contributed by atoms with Crippen LogP contribution in [-0.2, 0) is 4.74 Å². The number of nitrogens with one attached hydrogen (secondary N) is 2. The molecule has 0 aliphatic rings. The number of hydrogen-bond donors (Lipinski definition) is 2. The molecule has 1 aromatic rings. The third kappa shape index (κ3) is 1.94. The van der Waals surface area contributed by atoms with Crippen LogP contribution in [0.3, 0.4) is 0 Å². The number of rotatable bonds is 4. The number of nitrogens with zero attached hydrogens (tertiary/aromatic N) is 1. The molecule has 0 amide bonds. The maximum Gasteiger partial charge on any atom is 0.340 e. The van der Waals surface area contributed by atoms with E-state index < -0.39 is 0 Å². The standard InChI is InChI=1S/C7H13N3O2/c1-3-5(12-4-2)6-8-7(11)10-9-6/h5H,3-4H2,1-2H3,(H2,8,9,10,11). The summed E-state index contributed by atoms with van der Waals surface area (Å²) in [7, 11) is 0. The van der Waals surface area contributed by atoms with Gasteiger partial charge in [-0.3, -0.25) is 4.98 Å². The zero-order valence-corrected chi connectivity index (χ0v) is 7.26. The summed E-state index contributed by atoms with van der Waals surface area (Å²) in [6.45, 7) is 4.51. The summed E-state index contributed by atoms with van der Waals surface area (Å²) in [6, 6.07) is 0. The number of hydrogen-bond acceptors (Lipinski definition) is 3. The molecule has 1 unspecified atom stereocenters. The summed E-state index contributed by atoms with van der Waals surface area (Å²) in [5.41, 5.74) is -0.289. The average molecular weight is 171 g/mol. The molecule has 0 radical (unpaired) electrons. The molecule has 5 heteroatoms. The minimum Gasteiger partial charge on any atom is -0.371 e. The summed E-state index contributed by atoms with van der Waals surface area (Å²) in [5, 5.41) is 6.09. The van der Waals surface area contributed by atoms with Gasteiger partial charge in [0.1, 0.15) is 6.10 Å². The first kappa shape index (κ1) is 8.99. The van der Waals surface area contributed by atoms with E-state index >= 15 is 0 Å². The minimum absolute atomic E-state index is 0.103. The SMILES string of the molecule is CCOC(CC)c1n[nH]c(=O)[nH]1. The van der Waals surface area contributed by atoms with E-state index in [0.717, 1.165) is 6.42 Å². The van der Waals surface area contributed by atoms with Gasteiger partial charge in [-0.2, -0.15) is 5.10 Å². The number of aromatic nitrogens is 3. The molecule has 0 saturated carbocycles. The third-order valence-corrected chi connectivity index (χ3v) is 1.56. The highest BCUT2D eigenvalue weighted by atomic mass is 16.5. The molecule has 5 nitrogen and oxygen atoms in total. The van der Waals surface area contributed by atoms with Crippen LogP contribution in [0.4, 0.5) is 0 Å². The molecule has 12 heavy (non-hydrogen) atoms. The van der Waals surface area contributed by atoms with Crippen LogP contribution < -0.4 is 5.69 Å². The van der Waals surface area contributed by atoms with Gasteiger partial charge >= 0.3 is 5.69 Å². The molecule has 1 rings (SSSR count). The van der Waals surface area contributed by atoms with Crippen molar-refractivity contribution in [2.24, 2.45) is 0 Å². The molecule has 2 N–H and O–H groups in total. The third-order valence-electron chi connectivity index (χ3n) is 1.56. The van der Waals surface area contributed by atoms with Gasteiger partial charge < -0.3 is 4.74 Å². The maximum atomic E-state index is 10.7. The lowest BCUT2D eigenvalue weighted by Gasteiger charge is -2.10. The van der Waals surface area contributed by atoms with Crippen LogP contribution in [0.15, 0.2) is 4.79 Å². The van der Waals surface area contributed by atoms with Crippen molar-refractivity contribution in [2.75, 3.05) is 6.61 Å². The van der Waals surface area contributed by atoms with Gasteiger partial charge in [0.05, 0.1) is 0 Å². The fourth-order valence-electron chi connectivity index (χ4n) is 1.03. The van der Waals surface area contributed by atoms with Crippen molar-refractivity contribution in [1.82, 2.24) is 15.2 Å². The van der Waals surface area contributed by atoms with Crippen molar-refractivity contribution in [3.8, 4) is 0 Å². The molecular weight excluding hydrogens is 158 g/mol. The molecule has 0 saturated heterocycles. The molecule has 1 atom stereocenters. The van der Waals surface area contributed by atoms with Crippen LogP contribution in [0.2, 0.25) is 0 Å². The van der Waals surface area contributed by atoms with Crippen molar-refractivity contribution in [3.05, 3.63) is 16.3 Å². The van der Waals surface area contributed by atoms with Crippen LogP contribution in [0, 0.1) is 0 Å². The van der Waals surface area contributed by atoms with Gasteiger partial charge in [0.15, 0.2) is 5.82 Å². The molecule has 0 aliphatic carbocycles. The molecule has 1 heterocycles. The normalized spacial score (nSPS) is 13.2. The van der Waals surface area contributed by atoms with Crippen LogP contribution in [-0.4, -0.2) is 21.8 Å². The lowest BCUT2D eigenvalue weighted by molar-refractivity contribution is 0.0537. The van der Waals surface area contributed by atoms with E-state index in [9.17, 15) is 4.79 Å². The van der Waals surface area contributed by atoms with Gasteiger partial charge in [-0.15, -0.1) is 0 Å². The van der Waals surface area contributed by atoms with E-state index in [0.29, 0.717) is 12.4 Å². The Bertz CT molecular complexity index is 278. The maximum absolute atomic E-state index is 10.7. The predicted octanol–water partition coefficient (Wildman–Crippen LogP) is 0.586. The Morgan fingerprint density at radius 2 is 2.33 bits per heavy atom. The summed E-state index contributed by atoms with van der Waals surface area (Å²) >= 11 is 0. The van der Waals surface area contributed by atoms with Crippen molar-refractivity contribution in [1.29, 1.82) is 0 Å². The van der Waals surface area contributed by atoms with Crippen molar-refractivity contribution < 1.29 is 4.74 Å². The first-order valence-corrected chi connectivity index (χ1v) is 4.04. The van der Waals surface area contributed by atoms with Gasteiger partial charge in [0.25, 0.3) is 0 Å². The van der Waals surface area contributed by atoms with E-state index in [-0.39, 0.29) is 11.8 Å². The topological polar surface area (TPSA) is 70.8 Å². The molecule has 0 bridgehead atoms. The highest BCUT2D eigenvalue weighted by Crippen LogP contribution is 2.14. The highest BCUT2D eigenvalue weighted by Gasteiger charge is 2.11. The van der Waals surface area contributed by atoms with Gasteiger partial charge in [-0.25, -0.2) is 9.89 Å². The van der Waals surface area contributed by atoms with Crippen molar-refractivity contribution in [3.63, 3.8) is 0 Å². The van der Waals surface area contributed by atoms with E-state index in [1.165, 1.54) is 0 Å². The number of ether oxygens (including phenoxy) is 1. The number of aromatic amines is 2. The minimum atomic E-state index is -0.289. The fourth-order valence-corrected chi connectivity index (χ4v) is 1.03. The number of H-pyrrole nitrogens is 2. The van der Waals surface area contributed by atoms with Crippen LogP contribution in [0.5, 0.6) is 0 Å². The fraction of sp³-hybridized carbons (Fsp3) is 0.714. The Hall–Kier alpha value is -1.10. The van der Waals surface area contributed by atoms with Crippen LogP contribution >= 0.6 is 0 Å². The van der Waals surface area contributed by atoms with Crippen LogP contribution in [0.1, 0.15) is 32.2 Å². The smallest absolute Gasteiger partial charge is 0.340 e. The quantitative estimate of drug-likeness (QED) is 0.696. The molecule has 0 spiro atoms. The molecular formula is C7H13N3O2. The zero-order valence-electron chi connectivity index (χ0n) is 7.26. The lowest BCUT2D eigenvalue weighted by Crippen LogP contribution is -2.07. The predicted molar refractivity (Wildman–Crippen MR) is 43.9 cm³/mol. The van der Waals surface area contributed by atoms with Gasteiger partial charge in [0, 0.05) is 6.61 Å². The molecule has 1 aromatic heterocycles. The first-order chi connectivity index (χ1) is 5.77. The van der Waals surface area contributed by atoms with E-state index in [1.54, 1.807) is 0 Å². The lowest BCUT2D eigenvalue weighted by atomic mass is 10.2. The Balaban J connectivity index is 2.72. The van der Waals surface area contributed by atoms with Crippen LogP contribution in [0.25, 0.3) is 0 Å². The molecule has 0 fully saturated rings. The second-order valence-corrected chi connectivity index (χ2v) is 2.42. The van der Waals surface area contributed by atoms with E-state index in [4.69, 9.17) is 4.74 Å². The second kappa shape index (κ2) is 4.06. The highest BCUT2D eigenvalue weighted by molar-refractivity contribution is 4.86. The average Bonchev–Trinajstić information content (AvgIpc) is 2.47. The molecule has 0 aliphatic heterocycles. The second-order valence-electron chi connectivity index (χ2n) is 2.42. The van der Waals surface area contributed by atoms with Crippen molar-refractivity contribution in [2.45, 2.75) is 26.4 Å². The van der Waals surface area contributed by atoms with Crippen molar-refractivity contribution >= 4 is 0 Å². The van der Waals surface area contributed by atoms with E-state index in [2.05, 4.69) is 15.2 Å². The Kier molecular flexibility index (Phi) is 3.04. The van der Waals surface area contributed by atoms with E-state index in [1.807, 2.05) is 13.8 Å². The Labute approximate surface area is 70.1 Å². The molecule has 0 aromatic carbocycles. The monoisotopic (exact) mass is 171 g/mol. The van der Waals surface area contributed by atoms with Gasteiger partial charge in [-0.05, 0) is 13.3 Å². The summed E-state index contributed by atoms with van der Waals surface area (Å²) in [5.74, 6) is 0.573. The summed E-state index contributed by atoms with van der Waals surface area (Å²) in [6.07, 6.45) is 0.697. The first-order valence-electron chi connectivity index (χ1n) is 4.04. The van der Waals surface area contributed by atoms with Gasteiger partial charge in [0.2, 0.25) is 0 Å². The summed E-state index contributed by atoms with van der Waals surface area (Å²) < 4.78 is 5.34. The Morgan fingerprint density at radius 1 is 1.58 bits per heavy atom. The van der Waals surface area contributed by atoms with Gasteiger partial charge in [-0.1, -0.05) is 6.92 Å². The zero-order chi connectivity index (χ0) is 8.97. The molecule has 68 valence electrons. The largest absolute Gasteiger partial charge is 0.371 e.